The van der Waals surface area contributed by atoms with E-state index in [-0.39, 0.29) is 0 Å². The first kappa shape index (κ1) is 43.4. The third kappa shape index (κ3) is 7.12. The van der Waals surface area contributed by atoms with Crippen LogP contribution >= 0.6 is 0 Å². The quantitative estimate of drug-likeness (QED) is 0.146. The van der Waals surface area contributed by atoms with Crippen molar-refractivity contribution >= 4 is 64.6 Å². The third-order valence-corrected chi connectivity index (χ3v) is 15.8. The number of hydrogen-bond acceptors (Lipinski definition) is 0. The SMILES string of the molecule is Cc1cc(-c2cc3ccccc3c3ccccc23)c(C)cc1-c1cc(-c2cc(C)c(-c3cc4ccccc4c4ccccc34)cc2C)cc(-c2cc(C)c(-c3cc4ccccc4c4ccccc34)cc2C)c1. The number of fused-ring (bicyclic) bond motifs is 9. The molecule has 0 aliphatic carbocycles. The Morgan fingerprint density at radius 3 is 0.653 bits per heavy atom. The lowest BCUT2D eigenvalue weighted by Gasteiger charge is -2.20. The summed E-state index contributed by atoms with van der Waals surface area (Å²) in [5.74, 6) is 0. The van der Waals surface area contributed by atoms with Gasteiger partial charge in [-0.1, -0.05) is 182 Å². The van der Waals surface area contributed by atoms with E-state index in [4.69, 9.17) is 0 Å². The van der Waals surface area contributed by atoms with Gasteiger partial charge in [-0.15, -0.1) is 0 Å². The van der Waals surface area contributed by atoms with Crippen LogP contribution in [0.5, 0.6) is 0 Å². The average molecular weight is 919 g/mol. The van der Waals surface area contributed by atoms with Crippen molar-refractivity contribution in [1.29, 1.82) is 0 Å². The van der Waals surface area contributed by atoms with Gasteiger partial charge in [-0.3, -0.25) is 0 Å². The Balaban J connectivity index is 0.997. The van der Waals surface area contributed by atoms with Gasteiger partial charge >= 0.3 is 0 Å². The maximum Gasteiger partial charge on any atom is -0.00963 e. The van der Waals surface area contributed by atoms with Crippen LogP contribution in [0.2, 0.25) is 0 Å². The van der Waals surface area contributed by atoms with Gasteiger partial charge in [0.15, 0.2) is 0 Å². The van der Waals surface area contributed by atoms with Crippen molar-refractivity contribution < 1.29 is 0 Å². The van der Waals surface area contributed by atoms with Crippen LogP contribution in [0.3, 0.4) is 0 Å². The highest BCUT2D eigenvalue weighted by atomic mass is 14.2. The zero-order valence-electron chi connectivity index (χ0n) is 41.8. The first-order valence-corrected chi connectivity index (χ1v) is 25.4. The molecule has 0 aliphatic rings. The van der Waals surface area contributed by atoms with Crippen LogP contribution in [0.25, 0.3) is 131 Å². The maximum absolute atomic E-state index is 2.45. The number of rotatable bonds is 6. The fraction of sp³-hybridized carbons (Fsp3) is 0.0833. The first-order valence-electron chi connectivity index (χ1n) is 25.4. The van der Waals surface area contributed by atoms with Crippen LogP contribution in [-0.4, -0.2) is 0 Å². The Bertz CT molecular complexity index is 3930. The van der Waals surface area contributed by atoms with Gasteiger partial charge in [-0.25, -0.2) is 0 Å². The summed E-state index contributed by atoms with van der Waals surface area (Å²) in [6.45, 7) is 13.8. The Morgan fingerprint density at radius 1 is 0.167 bits per heavy atom. The smallest absolute Gasteiger partial charge is 0.00963 e. The van der Waals surface area contributed by atoms with Crippen molar-refractivity contribution in [3.8, 4) is 66.8 Å². The summed E-state index contributed by atoms with van der Waals surface area (Å²) in [7, 11) is 0. The minimum Gasteiger partial charge on any atom is -0.0616 e. The molecule has 72 heavy (non-hydrogen) atoms. The Kier molecular flexibility index (Phi) is 10.3. The van der Waals surface area contributed by atoms with E-state index in [1.165, 1.54) is 165 Å². The van der Waals surface area contributed by atoms with Gasteiger partial charge < -0.3 is 0 Å². The minimum absolute atomic E-state index is 1.22. The van der Waals surface area contributed by atoms with Crippen LogP contribution in [0, 0.1) is 41.5 Å². The average Bonchev–Trinajstić information content (AvgIpc) is 3.41. The van der Waals surface area contributed by atoms with Crippen molar-refractivity contribution in [2.75, 3.05) is 0 Å². The summed E-state index contributed by atoms with van der Waals surface area (Å²) in [4.78, 5) is 0. The predicted molar refractivity (Wildman–Crippen MR) is 313 cm³/mol. The lowest BCUT2D eigenvalue weighted by Crippen LogP contribution is -1.96. The van der Waals surface area contributed by atoms with Crippen molar-refractivity contribution in [2.45, 2.75) is 41.5 Å². The lowest BCUT2D eigenvalue weighted by atomic mass is 9.84. The van der Waals surface area contributed by atoms with E-state index in [0.717, 1.165) is 0 Å². The normalized spacial score (nSPS) is 11.8. The monoisotopic (exact) mass is 918 g/mol. The summed E-state index contributed by atoms with van der Waals surface area (Å²) in [5.41, 5.74) is 22.7. The van der Waals surface area contributed by atoms with Crippen LogP contribution in [0.4, 0.5) is 0 Å². The highest BCUT2D eigenvalue weighted by molar-refractivity contribution is 6.16. The molecule has 13 aromatic rings. The highest BCUT2D eigenvalue weighted by Crippen LogP contribution is 2.45. The van der Waals surface area contributed by atoms with Crippen molar-refractivity contribution in [2.24, 2.45) is 0 Å². The zero-order chi connectivity index (χ0) is 48.8. The van der Waals surface area contributed by atoms with Crippen LogP contribution in [0.15, 0.2) is 218 Å². The fourth-order valence-corrected chi connectivity index (χ4v) is 12.2. The molecular weight excluding hydrogens is 865 g/mol. The number of aryl methyl sites for hydroxylation is 6. The first-order chi connectivity index (χ1) is 35.2. The summed E-state index contributed by atoms with van der Waals surface area (Å²) in [5, 5.41) is 15.4. The number of benzene rings is 13. The molecule has 0 amide bonds. The zero-order valence-corrected chi connectivity index (χ0v) is 41.8. The van der Waals surface area contributed by atoms with E-state index in [1.54, 1.807) is 0 Å². The molecule has 0 aromatic heterocycles. The summed E-state index contributed by atoms with van der Waals surface area (Å²) < 4.78 is 0. The molecule has 0 unspecified atom stereocenters. The Morgan fingerprint density at radius 2 is 0.375 bits per heavy atom. The molecule has 0 saturated heterocycles. The van der Waals surface area contributed by atoms with Crippen LogP contribution < -0.4 is 0 Å². The molecule has 342 valence electrons. The van der Waals surface area contributed by atoms with Gasteiger partial charge in [-0.2, -0.15) is 0 Å². The van der Waals surface area contributed by atoms with E-state index in [0.29, 0.717) is 0 Å². The summed E-state index contributed by atoms with van der Waals surface area (Å²) in [6.07, 6.45) is 0. The molecule has 0 spiro atoms. The predicted octanol–water partition coefficient (Wildman–Crippen LogP) is 20.5. The van der Waals surface area contributed by atoms with E-state index in [9.17, 15) is 0 Å². The molecule has 0 bridgehead atoms. The highest BCUT2D eigenvalue weighted by Gasteiger charge is 2.20. The summed E-state index contributed by atoms with van der Waals surface area (Å²) >= 11 is 0. The fourth-order valence-electron chi connectivity index (χ4n) is 12.2. The van der Waals surface area contributed by atoms with E-state index < -0.39 is 0 Å². The van der Waals surface area contributed by atoms with Gasteiger partial charge in [-0.05, 0) is 243 Å². The van der Waals surface area contributed by atoms with E-state index in [1.807, 2.05) is 0 Å². The summed E-state index contributed by atoms with van der Waals surface area (Å²) in [6, 6.07) is 82.2. The van der Waals surface area contributed by atoms with E-state index in [2.05, 4.69) is 260 Å². The standard InChI is InChI=1S/C72H54/c1-43-34-67(70-40-49-19-7-10-22-55(49)58-25-13-16-28-61(58)70)46(4)31-64(43)52-37-53(65-32-47(5)68(35-44(65)2)71-41-50-20-8-11-23-56(50)59-26-14-17-29-62(59)71)39-54(38-52)66-33-48(6)69(36-45(66)3)72-42-51-21-9-12-24-57(51)60-27-15-18-30-63(60)72/h7-42H,1-6H3. The van der Waals surface area contributed by atoms with Gasteiger partial charge in [0, 0.05) is 0 Å². The molecule has 0 heterocycles. The largest absolute Gasteiger partial charge is 0.0616 e. The Hall–Kier alpha value is -8.58. The van der Waals surface area contributed by atoms with Gasteiger partial charge in [0.25, 0.3) is 0 Å². The van der Waals surface area contributed by atoms with Crippen molar-refractivity contribution in [3.05, 3.63) is 252 Å². The van der Waals surface area contributed by atoms with Gasteiger partial charge in [0.05, 0.1) is 0 Å². The Labute approximate surface area is 422 Å². The molecule has 13 aromatic carbocycles. The van der Waals surface area contributed by atoms with Crippen LogP contribution in [-0.2, 0) is 0 Å². The molecule has 0 nitrogen and oxygen atoms in total. The number of hydrogen-bond donors (Lipinski definition) is 0. The lowest BCUT2D eigenvalue weighted by molar-refractivity contribution is 1.37. The second-order valence-corrected chi connectivity index (χ2v) is 20.3. The molecule has 0 aliphatic heterocycles. The molecule has 0 radical (unpaired) electrons. The van der Waals surface area contributed by atoms with Gasteiger partial charge in [0.1, 0.15) is 0 Å². The molecule has 13 rings (SSSR count). The maximum atomic E-state index is 2.45. The molecule has 0 fully saturated rings. The third-order valence-electron chi connectivity index (χ3n) is 15.8. The van der Waals surface area contributed by atoms with Crippen molar-refractivity contribution in [1.82, 2.24) is 0 Å². The second kappa shape index (κ2) is 17.1. The molecule has 0 heteroatoms. The molecule has 0 N–H and O–H groups in total. The topological polar surface area (TPSA) is 0 Å². The second-order valence-electron chi connectivity index (χ2n) is 20.3. The molecule has 0 saturated carbocycles. The molecule has 0 atom stereocenters. The van der Waals surface area contributed by atoms with Crippen LogP contribution in [0.1, 0.15) is 33.4 Å². The van der Waals surface area contributed by atoms with E-state index >= 15 is 0 Å². The minimum atomic E-state index is 1.22. The van der Waals surface area contributed by atoms with Crippen molar-refractivity contribution in [3.63, 3.8) is 0 Å². The molecular formula is C72H54. The van der Waals surface area contributed by atoms with Gasteiger partial charge in [0.2, 0.25) is 0 Å².